The zero-order valence-corrected chi connectivity index (χ0v) is 39.3. The monoisotopic (exact) mass is 965 g/mol. The molecule has 1 amide bonds. The normalized spacial score (nSPS) is 11.6. The average molecular weight is 966 g/mol. The van der Waals surface area contributed by atoms with Crippen LogP contribution in [0.3, 0.4) is 0 Å². The van der Waals surface area contributed by atoms with Crippen LogP contribution in [0.4, 0.5) is 0 Å². The summed E-state index contributed by atoms with van der Waals surface area (Å²) in [6.07, 6.45) is 7.71. The third-order valence-corrected chi connectivity index (χ3v) is 11.7. The Balaban J connectivity index is 1.34. The van der Waals surface area contributed by atoms with Crippen LogP contribution in [0.1, 0.15) is 64.2 Å². The number of aliphatic hydroxyl groups is 1. The summed E-state index contributed by atoms with van der Waals surface area (Å²) >= 11 is 0. The van der Waals surface area contributed by atoms with Crippen molar-refractivity contribution < 1.29 is 52.7 Å². The van der Waals surface area contributed by atoms with Crippen LogP contribution in [0, 0.1) is 0 Å². The van der Waals surface area contributed by atoms with E-state index in [0.29, 0.717) is 72.7 Å². The Labute approximate surface area is 412 Å². The van der Waals surface area contributed by atoms with Gasteiger partial charge in [0.1, 0.15) is 13.3 Å². The minimum atomic E-state index is -0.571. The summed E-state index contributed by atoms with van der Waals surface area (Å²) < 4.78 is 30.6. The van der Waals surface area contributed by atoms with Crippen LogP contribution in [0.25, 0.3) is 90.9 Å². The summed E-state index contributed by atoms with van der Waals surface area (Å²) in [5, 5.41) is 12.0. The lowest BCUT2D eigenvalue weighted by molar-refractivity contribution is -0.0132. The molecule has 2 aliphatic heterocycles. The molecule has 0 atom stereocenters. The van der Waals surface area contributed by atoms with Crippen LogP contribution >= 0.6 is 0 Å². The fourth-order valence-corrected chi connectivity index (χ4v) is 8.38. The number of methoxy groups -OCH3 is 3. The number of aromatic amines is 2. The Kier molecular flexibility index (Phi) is 14.7. The number of hydrogen-bond donors (Lipinski definition) is 4. The number of hydrogen-bond acceptors (Lipinski definition) is 13. The third kappa shape index (κ3) is 10.2. The van der Waals surface area contributed by atoms with E-state index in [2.05, 4.69) is 15.3 Å². The number of rotatable bonds is 16. The first-order chi connectivity index (χ1) is 35.2. The van der Waals surface area contributed by atoms with Gasteiger partial charge in [0.15, 0.2) is 13.6 Å². The Bertz CT molecular complexity index is 2970. The molecular weight excluding hydrogens is 919 g/mol. The first-order valence-electron chi connectivity index (χ1n) is 22.6. The molecule has 16 nitrogen and oxygen atoms in total. The molecule has 4 aromatic carbocycles. The molecule has 9 rings (SSSR count). The number of nitrogens with one attached hydrogen (secondary N) is 3. The van der Waals surface area contributed by atoms with Gasteiger partial charge in [-0.25, -0.2) is 24.4 Å². The van der Waals surface area contributed by atoms with E-state index in [4.69, 9.17) is 38.4 Å². The highest BCUT2D eigenvalue weighted by Gasteiger charge is 2.21. The second kappa shape index (κ2) is 21.9. The number of benzene rings is 4. The van der Waals surface area contributed by atoms with Gasteiger partial charge in [0, 0.05) is 71.2 Å². The minimum absolute atomic E-state index is 0.0571. The largest absolute Gasteiger partial charge is 0.460 e. The zero-order valence-electron chi connectivity index (χ0n) is 39.3. The maximum absolute atomic E-state index is 13.0. The highest BCUT2D eigenvalue weighted by Crippen LogP contribution is 2.39. The molecule has 0 saturated carbocycles. The standard InChI is InChI=1S/C56H47N5O11/c1-67-30-57-53(63)37-12-4-33(5-13-37)49-41-20-22-45(58-41)51(35-8-16-39(17-9-35)55(65)71-31-68-2)47-26-24-43(60-47)50(34-6-14-38(15-7-34)54(64)70-29-28-62)44-25-27-48(61-44)52(46-23-21-42(49)59-46)36-10-18-40(19-11-36)56(66)72-32-69-3/h4-27,58,61-62H,28-32H2,1-3H3,(H,57,63). The third-order valence-electron chi connectivity index (χ3n) is 11.7. The summed E-state index contributed by atoms with van der Waals surface area (Å²) in [5.74, 6) is -1.94. The van der Waals surface area contributed by atoms with E-state index in [1.807, 2.05) is 97.1 Å². The van der Waals surface area contributed by atoms with Crippen molar-refractivity contribution in [3.63, 3.8) is 0 Å². The van der Waals surface area contributed by atoms with Crippen molar-refractivity contribution in [3.05, 3.63) is 166 Å². The molecule has 72 heavy (non-hydrogen) atoms. The summed E-state index contributed by atoms with van der Waals surface area (Å²) in [6, 6.07) is 36.1. The lowest BCUT2D eigenvalue weighted by atomic mass is 10.0. The second-order valence-corrected chi connectivity index (χ2v) is 16.3. The fourth-order valence-electron chi connectivity index (χ4n) is 8.38. The van der Waals surface area contributed by atoms with Gasteiger partial charge in [-0.1, -0.05) is 48.5 Å². The summed E-state index contributed by atoms with van der Waals surface area (Å²) in [6.45, 7) is -0.757. The molecule has 8 bridgehead atoms. The van der Waals surface area contributed by atoms with E-state index >= 15 is 0 Å². The predicted octanol–water partition coefficient (Wildman–Crippen LogP) is 9.33. The van der Waals surface area contributed by atoms with Crippen molar-refractivity contribution in [1.82, 2.24) is 25.3 Å². The maximum Gasteiger partial charge on any atom is 0.340 e. The Hall–Kier alpha value is -8.80. The van der Waals surface area contributed by atoms with E-state index in [0.717, 1.165) is 38.9 Å². The van der Waals surface area contributed by atoms with Crippen molar-refractivity contribution in [2.45, 2.75) is 0 Å². The maximum atomic E-state index is 13.0. The molecule has 5 heterocycles. The Morgan fingerprint density at radius 2 is 0.764 bits per heavy atom. The summed E-state index contributed by atoms with van der Waals surface area (Å²) in [5.41, 5.74) is 12.5. The van der Waals surface area contributed by atoms with Crippen molar-refractivity contribution in [1.29, 1.82) is 0 Å². The lowest BCUT2D eigenvalue weighted by Crippen LogP contribution is -2.25. The smallest absolute Gasteiger partial charge is 0.340 e. The number of fused-ring (bicyclic) bond motifs is 8. The molecule has 0 saturated heterocycles. The van der Waals surface area contributed by atoms with Crippen LogP contribution < -0.4 is 5.32 Å². The summed E-state index contributed by atoms with van der Waals surface area (Å²) in [4.78, 5) is 69.5. The number of ether oxygens (including phenoxy) is 6. The number of H-pyrrole nitrogens is 2. The number of aliphatic hydroxyl groups excluding tert-OH is 1. The quantitative estimate of drug-likeness (QED) is 0.0404. The molecule has 0 radical (unpaired) electrons. The van der Waals surface area contributed by atoms with Crippen molar-refractivity contribution >= 4 is 70.2 Å². The van der Waals surface area contributed by atoms with Crippen molar-refractivity contribution in [2.24, 2.45) is 0 Å². The number of carbonyl (C=O) groups is 4. The van der Waals surface area contributed by atoms with Crippen LogP contribution in [0.15, 0.2) is 121 Å². The van der Waals surface area contributed by atoms with E-state index in [-0.39, 0.29) is 39.4 Å². The van der Waals surface area contributed by atoms with Crippen molar-refractivity contribution in [2.75, 3.05) is 54.9 Å². The molecule has 0 fully saturated rings. The predicted molar refractivity (Wildman–Crippen MR) is 272 cm³/mol. The molecule has 0 aliphatic carbocycles. The van der Waals surface area contributed by atoms with Crippen LogP contribution in [0.2, 0.25) is 0 Å². The first-order valence-corrected chi connectivity index (χ1v) is 22.6. The van der Waals surface area contributed by atoms with Crippen LogP contribution in [-0.2, 0) is 28.4 Å². The Morgan fingerprint density at radius 3 is 1.07 bits per heavy atom. The van der Waals surface area contributed by atoms with Gasteiger partial charge in [-0.05, 0) is 119 Å². The second-order valence-electron chi connectivity index (χ2n) is 16.3. The first kappa shape index (κ1) is 48.2. The highest BCUT2D eigenvalue weighted by molar-refractivity contribution is 6.02. The molecule has 0 unspecified atom stereocenters. The van der Waals surface area contributed by atoms with Crippen LogP contribution in [0.5, 0.6) is 0 Å². The number of aromatic nitrogens is 4. The number of esters is 3. The van der Waals surface area contributed by atoms with E-state index in [9.17, 15) is 24.3 Å². The summed E-state index contributed by atoms with van der Waals surface area (Å²) in [7, 11) is 4.38. The zero-order chi connectivity index (χ0) is 50.1. The molecule has 362 valence electrons. The van der Waals surface area contributed by atoms with E-state index in [1.54, 1.807) is 48.5 Å². The van der Waals surface area contributed by atoms with Crippen LogP contribution in [-0.4, -0.2) is 104 Å². The number of nitrogens with zero attached hydrogens (tertiary/aromatic N) is 2. The Morgan fingerprint density at radius 1 is 0.444 bits per heavy atom. The van der Waals surface area contributed by atoms with Gasteiger partial charge in [-0.2, -0.15) is 0 Å². The highest BCUT2D eigenvalue weighted by atomic mass is 16.7. The molecule has 4 N–H and O–H groups in total. The van der Waals surface area contributed by atoms with E-state index < -0.39 is 17.9 Å². The van der Waals surface area contributed by atoms with E-state index in [1.165, 1.54) is 21.3 Å². The van der Waals surface area contributed by atoms with Gasteiger partial charge >= 0.3 is 17.9 Å². The minimum Gasteiger partial charge on any atom is -0.460 e. The number of amides is 1. The fraction of sp³-hybridized carbons (Fsp3) is 0.143. The van der Waals surface area contributed by atoms with Gasteiger partial charge in [-0.15, -0.1) is 0 Å². The van der Waals surface area contributed by atoms with Gasteiger partial charge in [0.25, 0.3) is 5.91 Å². The van der Waals surface area contributed by atoms with Gasteiger partial charge < -0.3 is 48.8 Å². The molecule has 16 heteroatoms. The van der Waals surface area contributed by atoms with Gasteiger partial charge in [-0.3, -0.25) is 4.79 Å². The number of carbonyl (C=O) groups excluding carboxylic acids is 4. The van der Waals surface area contributed by atoms with Gasteiger partial charge in [0.2, 0.25) is 0 Å². The average Bonchev–Trinajstić information content (AvgIpc) is 4.28. The molecule has 2 aliphatic rings. The van der Waals surface area contributed by atoms with Crippen molar-refractivity contribution in [3.8, 4) is 44.5 Å². The molecule has 0 spiro atoms. The molecule has 3 aromatic heterocycles. The molecular formula is C56H47N5O11. The molecule has 7 aromatic rings. The SMILES string of the molecule is COCNC(=O)c1ccc(-c2c3nc(c(-c4ccc(C(=O)OCOC)cc4)c4ccc([nH]4)c(-c4ccc(C(=O)OCCO)cc4)c4nc(c(-c5ccc(C(=O)OCOC)cc5)c5ccc2[nH]5)C=C4)C=C3)cc1. The topological polar surface area (TPSA) is 213 Å². The van der Waals surface area contributed by atoms with Gasteiger partial charge in [0.05, 0.1) is 46.1 Å². The lowest BCUT2D eigenvalue weighted by Gasteiger charge is -2.09.